The van der Waals surface area contributed by atoms with Gasteiger partial charge in [0.1, 0.15) is 0 Å². The van der Waals surface area contributed by atoms with E-state index in [1.54, 1.807) is 33.5 Å². The number of halogens is 3. The van der Waals surface area contributed by atoms with Crippen LogP contribution in [0.3, 0.4) is 0 Å². The number of anilines is 1. The fourth-order valence-electron chi connectivity index (χ4n) is 5.33. The Bertz CT molecular complexity index is 1070. The minimum atomic E-state index is -0.248. The number of rotatable bonds is 11. The molecular formula is C29H42Cl2IN3O4. The molecule has 2 N–H and O–H groups in total. The van der Waals surface area contributed by atoms with Crippen LogP contribution in [0.25, 0.3) is 0 Å². The predicted molar refractivity (Wildman–Crippen MR) is 155 cm³/mol. The number of hydrogen-bond donors (Lipinski definition) is 2. The van der Waals surface area contributed by atoms with Gasteiger partial charge in [-0.25, -0.2) is 4.79 Å². The Morgan fingerprint density at radius 2 is 1.62 bits per heavy atom. The highest BCUT2D eigenvalue weighted by atomic mass is 127. The Kier molecular flexibility index (Phi) is 13.3. The third kappa shape index (κ3) is 8.93. The first-order valence-corrected chi connectivity index (χ1v) is 14.1. The maximum atomic E-state index is 13.1. The summed E-state index contributed by atoms with van der Waals surface area (Å²) in [4.78, 5) is 13.1. The quantitative estimate of drug-likeness (QED) is 0.279. The van der Waals surface area contributed by atoms with Gasteiger partial charge in [-0.1, -0.05) is 43.1 Å². The number of hydrogen-bond acceptors (Lipinski definition) is 4. The van der Waals surface area contributed by atoms with Gasteiger partial charge in [-0.15, -0.1) is 0 Å². The van der Waals surface area contributed by atoms with Gasteiger partial charge in [0.25, 0.3) is 0 Å². The topological polar surface area (TPSA) is 68.8 Å². The van der Waals surface area contributed by atoms with Crippen LogP contribution < -0.4 is 48.8 Å². The molecule has 0 aliphatic carbocycles. The summed E-state index contributed by atoms with van der Waals surface area (Å²) in [5.41, 5.74) is 1.81. The molecule has 3 rings (SSSR count). The van der Waals surface area contributed by atoms with E-state index in [4.69, 9.17) is 37.4 Å². The van der Waals surface area contributed by atoms with Gasteiger partial charge in [0.15, 0.2) is 11.5 Å². The highest BCUT2D eigenvalue weighted by Crippen LogP contribution is 2.40. The highest BCUT2D eigenvalue weighted by Gasteiger charge is 2.36. The number of ether oxygens (including phenoxy) is 3. The van der Waals surface area contributed by atoms with Crippen LogP contribution in [0, 0.1) is 11.8 Å². The van der Waals surface area contributed by atoms with Crippen molar-refractivity contribution in [3.63, 3.8) is 0 Å². The second-order valence-electron chi connectivity index (χ2n) is 10.5. The Morgan fingerprint density at radius 1 is 1.00 bits per heavy atom. The van der Waals surface area contributed by atoms with Gasteiger partial charge in [0.05, 0.1) is 69.3 Å². The summed E-state index contributed by atoms with van der Waals surface area (Å²) in [6.07, 6.45) is 3.32. The second-order valence-corrected chi connectivity index (χ2v) is 11.4. The molecule has 0 saturated carbocycles. The fraction of sp³-hybridized carbons (Fsp3) is 0.552. The van der Waals surface area contributed by atoms with Crippen LogP contribution in [0.1, 0.15) is 39.2 Å². The van der Waals surface area contributed by atoms with Gasteiger partial charge >= 0.3 is 6.03 Å². The van der Waals surface area contributed by atoms with E-state index in [1.807, 2.05) is 12.1 Å². The SMILES string of the molecule is CC[N+]1(CC(NC(=O)Nc2cc(OC)c(OC)c(OC)c2)C(C)C)CCC(Cc2ccc(Cl)c(Cl)c2)CC1.[I-]. The van der Waals surface area contributed by atoms with Crippen LogP contribution in [0.15, 0.2) is 30.3 Å². The molecule has 1 aliphatic heterocycles. The molecule has 2 aromatic rings. The Balaban J connectivity index is 0.00000533. The zero-order valence-corrected chi connectivity index (χ0v) is 27.5. The average Bonchev–Trinajstić information content (AvgIpc) is 2.90. The van der Waals surface area contributed by atoms with E-state index in [2.05, 4.69) is 37.5 Å². The summed E-state index contributed by atoms with van der Waals surface area (Å²) in [5, 5.41) is 7.40. The summed E-state index contributed by atoms with van der Waals surface area (Å²) in [6.45, 7) is 10.7. The number of carbonyl (C=O) groups is 1. The first-order chi connectivity index (χ1) is 18.1. The van der Waals surface area contributed by atoms with Crippen molar-refractivity contribution >= 4 is 34.9 Å². The van der Waals surface area contributed by atoms with Gasteiger partial charge in [-0.2, -0.15) is 0 Å². The summed E-state index contributed by atoms with van der Waals surface area (Å²) in [5.74, 6) is 2.37. The number of amides is 2. The molecular weight excluding hydrogens is 652 g/mol. The van der Waals surface area contributed by atoms with E-state index < -0.39 is 0 Å². The maximum Gasteiger partial charge on any atom is 0.319 e. The van der Waals surface area contributed by atoms with E-state index >= 15 is 0 Å². The number of quaternary nitrogens is 1. The lowest BCUT2D eigenvalue weighted by Gasteiger charge is -2.45. The first kappa shape index (κ1) is 33.6. The largest absolute Gasteiger partial charge is 1.00 e. The number of urea groups is 1. The number of nitrogens with one attached hydrogen (secondary N) is 2. The van der Waals surface area contributed by atoms with E-state index in [1.165, 1.54) is 5.56 Å². The average molecular weight is 694 g/mol. The molecule has 1 saturated heterocycles. The zero-order valence-electron chi connectivity index (χ0n) is 23.8. The molecule has 2 amide bonds. The monoisotopic (exact) mass is 693 g/mol. The Labute approximate surface area is 260 Å². The second kappa shape index (κ2) is 15.4. The third-order valence-electron chi connectivity index (χ3n) is 7.83. The number of likely N-dealkylation sites (N-methyl/N-ethyl adjacent to an activating group) is 1. The molecule has 7 nitrogen and oxygen atoms in total. The van der Waals surface area contributed by atoms with E-state index in [0.29, 0.717) is 38.9 Å². The molecule has 39 heavy (non-hydrogen) atoms. The molecule has 1 heterocycles. The minimum absolute atomic E-state index is 0. The molecule has 1 aliphatic rings. The van der Waals surface area contributed by atoms with Gasteiger partial charge in [-0.3, -0.25) is 0 Å². The van der Waals surface area contributed by atoms with E-state index in [-0.39, 0.29) is 42.0 Å². The summed E-state index contributed by atoms with van der Waals surface area (Å²) < 4.78 is 17.2. The Morgan fingerprint density at radius 3 is 2.10 bits per heavy atom. The Hall–Kier alpha value is -1.62. The molecule has 10 heteroatoms. The molecule has 218 valence electrons. The number of carbonyl (C=O) groups excluding carboxylic acids is 1. The number of benzene rings is 2. The summed E-state index contributed by atoms with van der Waals surface area (Å²) in [6, 6.07) is 9.19. The standard InChI is InChI=1S/C29H41Cl2N3O4.HI/c1-7-34(12-10-20(11-13-34)14-21-8-9-23(30)24(31)15-21)18-25(19(2)3)33-29(35)32-22-16-26(36-4)28(38-6)27(17-22)37-5;/h8-9,15-17,19-20,25H,7,10-14,18H2,1-6H3,(H-,32,33,35);1H. The van der Waals surface area contributed by atoms with Crippen molar-refractivity contribution in [1.82, 2.24) is 5.32 Å². The van der Waals surface area contributed by atoms with Crippen LogP contribution in [0.5, 0.6) is 17.2 Å². The number of piperidine rings is 1. The normalized spacial score (nSPS) is 19.6. The minimum Gasteiger partial charge on any atom is -1.00 e. The molecule has 1 atom stereocenters. The van der Waals surface area contributed by atoms with Gasteiger partial charge < -0.3 is 53.3 Å². The molecule has 2 aromatic carbocycles. The van der Waals surface area contributed by atoms with Gasteiger partial charge in [-0.05, 0) is 55.7 Å². The van der Waals surface area contributed by atoms with Crippen molar-refractivity contribution in [1.29, 1.82) is 0 Å². The van der Waals surface area contributed by atoms with Crippen LogP contribution >= 0.6 is 23.2 Å². The number of methoxy groups -OCH3 is 3. The van der Waals surface area contributed by atoms with Crippen LogP contribution in [0.4, 0.5) is 10.5 Å². The summed E-state index contributed by atoms with van der Waals surface area (Å²) >= 11 is 12.3. The molecule has 1 unspecified atom stereocenters. The summed E-state index contributed by atoms with van der Waals surface area (Å²) in [7, 11) is 4.66. The van der Waals surface area contributed by atoms with Crippen molar-refractivity contribution in [2.75, 3.05) is 52.8 Å². The van der Waals surface area contributed by atoms with Crippen molar-refractivity contribution in [2.24, 2.45) is 11.8 Å². The van der Waals surface area contributed by atoms with Crippen LogP contribution in [0.2, 0.25) is 10.0 Å². The smallest absolute Gasteiger partial charge is 0.319 e. The van der Waals surface area contributed by atoms with E-state index in [0.717, 1.165) is 49.9 Å². The lowest BCUT2D eigenvalue weighted by molar-refractivity contribution is -0.933. The fourth-order valence-corrected chi connectivity index (χ4v) is 5.65. The maximum absolute atomic E-state index is 13.1. The predicted octanol–water partition coefficient (Wildman–Crippen LogP) is 3.66. The van der Waals surface area contributed by atoms with E-state index in [9.17, 15) is 4.79 Å². The molecule has 0 bridgehead atoms. The molecule has 0 spiro atoms. The van der Waals surface area contributed by atoms with Crippen LogP contribution in [-0.4, -0.2) is 64.1 Å². The highest BCUT2D eigenvalue weighted by molar-refractivity contribution is 6.42. The van der Waals surface area contributed by atoms with Crippen molar-refractivity contribution in [3.05, 3.63) is 45.9 Å². The number of nitrogens with zero attached hydrogens (tertiary/aromatic N) is 1. The number of likely N-dealkylation sites (tertiary alicyclic amines) is 1. The van der Waals surface area contributed by atoms with Gasteiger partial charge in [0.2, 0.25) is 5.75 Å². The third-order valence-corrected chi connectivity index (χ3v) is 8.57. The van der Waals surface area contributed by atoms with Crippen molar-refractivity contribution in [3.8, 4) is 17.2 Å². The molecule has 1 fully saturated rings. The zero-order chi connectivity index (χ0) is 27.9. The first-order valence-electron chi connectivity index (χ1n) is 13.3. The lowest BCUT2D eigenvalue weighted by atomic mass is 9.88. The van der Waals surface area contributed by atoms with Crippen molar-refractivity contribution < 1.29 is 47.5 Å². The lowest BCUT2D eigenvalue weighted by Crippen LogP contribution is -3.00. The van der Waals surface area contributed by atoms with Crippen LogP contribution in [-0.2, 0) is 6.42 Å². The molecule has 0 radical (unpaired) electrons. The van der Waals surface area contributed by atoms with Gasteiger partial charge in [0, 0.05) is 12.1 Å². The molecule has 0 aromatic heterocycles. The van der Waals surface area contributed by atoms with Crippen molar-refractivity contribution in [2.45, 2.75) is 46.1 Å².